The van der Waals surface area contributed by atoms with Gasteiger partial charge in [0.2, 0.25) is 5.82 Å². The van der Waals surface area contributed by atoms with Crippen molar-refractivity contribution in [3.63, 3.8) is 0 Å². The Morgan fingerprint density at radius 3 is 2.51 bits per heavy atom. The van der Waals surface area contributed by atoms with E-state index >= 15 is 0 Å². The number of benzene rings is 2. The molecule has 0 aliphatic carbocycles. The van der Waals surface area contributed by atoms with E-state index in [1.165, 1.54) is 6.07 Å². The summed E-state index contributed by atoms with van der Waals surface area (Å²) < 4.78 is 20.9. The predicted octanol–water partition coefficient (Wildman–Crippen LogP) is 5.71. The number of rotatable bonds is 7. The fourth-order valence-corrected chi connectivity index (χ4v) is 4.64. The van der Waals surface area contributed by atoms with Crippen LogP contribution in [0.2, 0.25) is 0 Å². The Kier molecular flexibility index (Phi) is 6.94. The van der Waals surface area contributed by atoms with Crippen molar-refractivity contribution >= 4 is 34.2 Å². The third kappa shape index (κ3) is 5.28. The molecule has 196 valence electrons. The molecule has 1 fully saturated rings. The highest BCUT2D eigenvalue weighted by atomic mass is 19.1. The number of carboxylic acid groups (broad SMARTS) is 1. The molecule has 0 spiro atoms. The van der Waals surface area contributed by atoms with Crippen molar-refractivity contribution in [1.29, 1.82) is 0 Å². The third-order valence-corrected chi connectivity index (χ3v) is 6.94. The summed E-state index contributed by atoms with van der Waals surface area (Å²) in [6, 6.07) is 6.40. The molecule has 2 N–H and O–H groups in total. The number of carboxylic acids is 1. The van der Waals surface area contributed by atoms with Gasteiger partial charge in [0.15, 0.2) is 18.4 Å². The first kappa shape index (κ1) is 26.1. The minimum absolute atomic E-state index is 0.0304. The van der Waals surface area contributed by atoms with Crippen LogP contribution in [-0.4, -0.2) is 36.2 Å². The number of nitrogens with one attached hydrogen (secondary N) is 1. The number of nitrogens with zero attached hydrogens (tertiary/aromatic N) is 2. The Morgan fingerprint density at radius 1 is 1.22 bits per heavy atom. The van der Waals surface area contributed by atoms with E-state index in [-0.39, 0.29) is 27.0 Å². The standard InChI is InChI=1S/C27H30FN3O6/c1-15-10-17(16(2)29-21-13-20(28)22(31(35)36-5)12-18(21)26(33)34)25-19(11-15)23(32)14-24(37-25)30-8-6-27(3,4)7-9-30/h10-14,16H,6-9H2,1-5H3,(H-,29,33,34,35)/p+1/t16-/m1/s1. The summed E-state index contributed by atoms with van der Waals surface area (Å²) in [6.45, 7) is 9.58. The lowest BCUT2D eigenvalue weighted by atomic mass is 9.83. The number of fused-ring (bicyclic) bond motifs is 1. The molecule has 2 aromatic carbocycles. The smallest absolute Gasteiger partial charge is 0.353 e. The first-order valence-corrected chi connectivity index (χ1v) is 12.1. The Labute approximate surface area is 213 Å². The fraction of sp³-hybridized carbons (Fsp3) is 0.407. The molecule has 1 aliphatic heterocycles. The van der Waals surface area contributed by atoms with Crippen LogP contribution in [0.1, 0.15) is 61.1 Å². The highest BCUT2D eigenvalue weighted by Crippen LogP contribution is 2.35. The van der Waals surface area contributed by atoms with E-state index < -0.39 is 23.5 Å². The summed E-state index contributed by atoms with van der Waals surface area (Å²) in [5.74, 6) is -1.81. The zero-order valence-electron chi connectivity index (χ0n) is 21.6. The highest BCUT2D eigenvalue weighted by Gasteiger charge is 2.29. The lowest BCUT2D eigenvalue weighted by Crippen LogP contribution is -2.37. The van der Waals surface area contributed by atoms with Crippen LogP contribution in [0.5, 0.6) is 0 Å². The molecule has 1 aromatic heterocycles. The summed E-state index contributed by atoms with van der Waals surface area (Å²) in [5.41, 5.74) is 0.986. The molecule has 0 unspecified atom stereocenters. The van der Waals surface area contributed by atoms with Gasteiger partial charge in [-0.05, 0) is 43.7 Å². The minimum Gasteiger partial charge on any atom is -0.478 e. The number of carbonyl (C=O) groups is 1. The molecule has 0 bridgehead atoms. The van der Waals surface area contributed by atoms with E-state index in [1.807, 2.05) is 13.0 Å². The summed E-state index contributed by atoms with van der Waals surface area (Å²) in [5, 5.41) is 13.1. The zero-order valence-corrected chi connectivity index (χ0v) is 21.6. The monoisotopic (exact) mass is 512 g/mol. The van der Waals surface area contributed by atoms with Gasteiger partial charge in [0, 0.05) is 36.9 Å². The van der Waals surface area contributed by atoms with Crippen molar-refractivity contribution in [2.24, 2.45) is 5.41 Å². The maximum Gasteiger partial charge on any atom is 0.353 e. The molecule has 4 rings (SSSR count). The van der Waals surface area contributed by atoms with Crippen molar-refractivity contribution in [2.75, 3.05) is 30.4 Å². The molecule has 1 atom stereocenters. The zero-order chi connectivity index (χ0) is 27.1. The predicted molar refractivity (Wildman–Crippen MR) is 138 cm³/mol. The molecule has 37 heavy (non-hydrogen) atoms. The number of piperidine rings is 1. The van der Waals surface area contributed by atoms with Gasteiger partial charge in [0.1, 0.15) is 5.58 Å². The van der Waals surface area contributed by atoms with Gasteiger partial charge in [-0.1, -0.05) is 19.9 Å². The van der Waals surface area contributed by atoms with Crippen LogP contribution >= 0.6 is 0 Å². The van der Waals surface area contributed by atoms with Crippen LogP contribution < -0.4 is 15.6 Å². The first-order valence-electron chi connectivity index (χ1n) is 12.1. The normalized spacial score (nSPS) is 15.9. The van der Waals surface area contributed by atoms with Crippen molar-refractivity contribution < 1.29 is 28.5 Å². The van der Waals surface area contributed by atoms with Crippen molar-refractivity contribution in [1.82, 2.24) is 0 Å². The van der Waals surface area contributed by atoms with Crippen molar-refractivity contribution in [2.45, 2.75) is 46.6 Å². The lowest BCUT2D eigenvalue weighted by molar-refractivity contribution is -0.737. The quantitative estimate of drug-likeness (QED) is 0.387. The largest absolute Gasteiger partial charge is 0.478 e. The van der Waals surface area contributed by atoms with E-state index in [9.17, 15) is 24.0 Å². The molecule has 0 saturated carbocycles. The van der Waals surface area contributed by atoms with E-state index in [1.54, 1.807) is 13.0 Å². The third-order valence-electron chi connectivity index (χ3n) is 6.94. The Morgan fingerprint density at radius 2 is 1.89 bits per heavy atom. The van der Waals surface area contributed by atoms with Gasteiger partial charge in [-0.25, -0.2) is 9.63 Å². The Balaban J connectivity index is 1.76. The topological polar surface area (TPSA) is 112 Å². The molecular weight excluding hydrogens is 481 g/mol. The molecule has 0 radical (unpaired) electrons. The minimum atomic E-state index is -1.35. The second kappa shape index (κ2) is 9.84. The number of aromatic carboxylic acids is 1. The van der Waals surface area contributed by atoms with Gasteiger partial charge < -0.3 is 19.7 Å². The van der Waals surface area contributed by atoms with Crippen LogP contribution in [0.25, 0.3) is 11.0 Å². The number of anilines is 2. The SMILES string of the molecule is CO[N+](=O)c1cc(C(=O)O)c(N[C@H](C)c2cc(C)cc3c(=O)cc(N4CCC(C)(C)CC4)oc23)cc1F. The number of aryl methyl sites for hydroxylation is 1. The fourth-order valence-electron chi connectivity index (χ4n) is 4.64. The summed E-state index contributed by atoms with van der Waals surface area (Å²) in [6.07, 6.45) is 1.94. The van der Waals surface area contributed by atoms with Gasteiger partial charge in [-0.3, -0.25) is 4.79 Å². The van der Waals surface area contributed by atoms with E-state index in [0.29, 0.717) is 22.4 Å². The lowest BCUT2D eigenvalue weighted by Gasteiger charge is -2.37. The summed E-state index contributed by atoms with van der Waals surface area (Å²) in [7, 11) is 1.05. The number of hydrogen-bond acceptors (Lipinski definition) is 7. The van der Waals surface area contributed by atoms with Crippen molar-refractivity contribution in [3.8, 4) is 0 Å². The molecule has 9 nitrogen and oxygen atoms in total. The summed E-state index contributed by atoms with van der Waals surface area (Å²) in [4.78, 5) is 43.2. The molecular formula is C27H31FN3O6+. The average Bonchev–Trinajstić information content (AvgIpc) is 2.83. The van der Waals surface area contributed by atoms with Crippen LogP contribution in [0.15, 0.2) is 39.5 Å². The molecule has 1 saturated heterocycles. The average molecular weight is 513 g/mol. The van der Waals surface area contributed by atoms with E-state index in [2.05, 4.69) is 28.9 Å². The van der Waals surface area contributed by atoms with Gasteiger partial charge in [-0.15, -0.1) is 0 Å². The van der Waals surface area contributed by atoms with Gasteiger partial charge >= 0.3 is 11.7 Å². The second-order valence-corrected chi connectivity index (χ2v) is 10.3. The maximum absolute atomic E-state index is 14.6. The van der Waals surface area contributed by atoms with Gasteiger partial charge in [0.05, 0.1) is 27.6 Å². The van der Waals surface area contributed by atoms with Gasteiger partial charge in [0.25, 0.3) is 4.92 Å². The highest BCUT2D eigenvalue weighted by molar-refractivity contribution is 5.95. The van der Waals surface area contributed by atoms with Crippen LogP contribution in [0.4, 0.5) is 21.6 Å². The molecule has 0 amide bonds. The molecule has 1 aliphatic rings. The van der Waals surface area contributed by atoms with Crippen LogP contribution in [-0.2, 0) is 4.84 Å². The number of hydrogen-bond donors (Lipinski definition) is 2. The Bertz CT molecular complexity index is 1440. The first-order chi connectivity index (χ1) is 17.4. The number of halogens is 1. The van der Waals surface area contributed by atoms with Gasteiger partial charge in [-0.2, -0.15) is 4.39 Å². The maximum atomic E-state index is 14.6. The van der Waals surface area contributed by atoms with Crippen LogP contribution in [0, 0.1) is 23.1 Å². The molecule has 2 heterocycles. The van der Waals surface area contributed by atoms with Crippen LogP contribution in [0.3, 0.4) is 0 Å². The van der Waals surface area contributed by atoms with Crippen molar-refractivity contribution in [3.05, 3.63) is 68.0 Å². The Hall–Kier alpha value is -3.95. The molecule has 10 heteroatoms. The molecule has 3 aromatic rings. The van der Waals surface area contributed by atoms with E-state index in [4.69, 9.17) is 4.42 Å². The van der Waals surface area contributed by atoms with E-state index in [0.717, 1.165) is 50.7 Å². The second-order valence-electron chi connectivity index (χ2n) is 10.3. The summed E-state index contributed by atoms with van der Waals surface area (Å²) >= 11 is 0.